The van der Waals surface area contributed by atoms with Crippen LogP contribution in [0.15, 0.2) is 12.4 Å². The van der Waals surface area contributed by atoms with Crippen LogP contribution in [0.2, 0.25) is 0 Å². The molecule has 100 valence electrons. The predicted molar refractivity (Wildman–Crippen MR) is 68.1 cm³/mol. The number of hydrogen-bond acceptors (Lipinski definition) is 3. The zero-order valence-corrected chi connectivity index (χ0v) is 11.1. The number of ether oxygens (including phenoxy) is 1. The molecule has 1 unspecified atom stereocenters. The molecular weight excluding hydrogens is 230 g/mol. The molecule has 18 heavy (non-hydrogen) atoms. The molecule has 1 aliphatic heterocycles. The van der Waals surface area contributed by atoms with Gasteiger partial charge in [-0.1, -0.05) is 6.92 Å². The topological polar surface area (TPSA) is 47.4 Å². The molecule has 2 heterocycles. The van der Waals surface area contributed by atoms with Gasteiger partial charge in [-0.3, -0.25) is 4.79 Å². The number of hydrogen-bond donors (Lipinski definition) is 0. The zero-order chi connectivity index (χ0) is 13.0. The van der Waals surface area contributed by atoms with Gasteiger partial charge in [0.15, 0.2) is 0 Å². The van der Waals surface area contributed by atoms with Crippen molar-refractivity contribution < 1.29 is 9.53 Å². The first-order valence-electron chi connectivity index (χ1n) is 6.66. The van der Waals surface area contributed by atoms with Crippen LogP contribution < -0.4 is 0 Å². The number of aryl methyl sites for hydroxylation is 1. The molecule has 0 spiro atoms. The summed E-state index contributed by atoms with van der Waals surface area (Å²) >= 11 is 0. The minimum atomic E-state index is 0.0696. The lowest BCUT2D eigenvalue weighted by atomic mass is 10.1. The average molecular weight is 251 g/mol. The highest BCUT2D eigenvalue weighted by molar-refractivity contribution is 5.77. The number of carbonyl (C=O) groups is 1. The van der Waals surface area contributed by atoms with Crippen molar-refractivity contribution in [2.24, 2.45) is 0 Å². The molecule has 0 aliphatic carbocycles. The number of amides is 1. The largest absolute Gasteiger partial charge is 0.372 e. The van der Waals surface area contributed by atoms with Crippen molar-refractivity contribution in [2.75, 3.05) is 19.8 Å². The Hall–Kier alpha value is -1.36. The molecule has 5 nitrogen and oxygen atoms in total. The number of carbonyl (C=O) groups excluding carboxylic acids is 1. The van der Waals surface area contributed by atoms with E-state index in [1.165, 1.54) is 0 Å². The number of imidazole rings is 1. The molecule has 0 fully saturated rings. The van der Waals surface area contributed by atoms with Crippen LogP contribution in [-0.4, -0.2) is 40.1 Å². The van der Waals surface area contributed by atoms with Gasteiger partial charge in [0.2, 0.25) is 5.91 Å². The molecule has 1 amide bonds. The molecular formula is C13H21N3O2. The van der Waals surface area contributed by atoms with E-state index in [1.54, 1.807) is 0 Å². The normalized spacial score (nSPS) is 19.4. The Balaban J connectivity index is 2.17. The highest BCUT2D eigenvalue weighted by Crippen LogP contribution is 2.26. The second-order valence-corrected chi connectivity index (χ2v) is 4.48. The monoisotopic (exact) mass is 251 g/mol. The molecule has 1 aromatic heterocycles. The quantitative estimate of drug-likeness (QED) is 0.816. The summed E-state index contributed by atoms with van der Waals surface area (Å²) in [5, 5.41) is 0. The molecule has 1 atom stereocenters. The van der Waals surface area contributed by atoms with Crippen molar-refractivity contribution in [3.63, 3.8) is 0 Å². The van der Waals surface area contributed by atoms with E-state index < -0.39 is 0 Å². The SMILES string of the molecule is CCOCC(=O)N1CCCn2ccnc2C1CC. The Kier molecular flexibility index (Phi) is 4.36. The minimum absolute atomic E-state index is 0.0696. The summed E-state index contributed by atoms with van der Waals surface area (Å²) in [6.45, 7) is 6.46. The molecule has 0 bridgehead atoms. The fourth-order valence-electron chi connectivity index (χ4n) is 2.49. The lowest BCUT2D eigenvalue weighted by Crippen LogP contribution is -2.37. The van der Waals surface area contributed by atoms with Crippen molar-refractivity contribution in [1.82, 2.24) is 14.5 Å². The maximum Gasteiger partial charge on any atom is 0.249 e. The zero-order valence-electron chi connectivity index (χ0n) is 11.1. The van der Waals surface area contributed by atoms with Gasteiger partial charge in [0.1, 0.15) is 12.4 Å². The van der Waals surface area contributed by atoms with Gasteiger partial charge in [-0.25, -0.2) is 4.98 Å². The van der Waals surface area contributed by atoms with Crippen LogP contribution in [0, 0.1) is 0 Å². The summed E-state index contributed by atoms with van der Waals surface area (Å²) in [6, 6.07) is 0.0791. The van der Waals surface area contributed by atoms with Crippen molar-refractivity contribution in [3.05, 3.63) is 18.2 Å². The predicted octanol–water partition coefficient (Wildman–Crippen LogP) is 1.60. The lowest BCUT2D eigenvalue weighted by Gasteiger charge is -2.28. The molecule has 0 N–H and O–H groups in total. The Morgan fingerprint density at radius 1 is 1.50 bits per heavy atom. The molecule has 1 aromatic rings. The second-order valence-electron chi connectivity index (χ2n) is 4.48. The van der Waals surface area contributed by atoms with E-state index >= 15 is 0 Å². The van der Waals surface area contributed by atoms with Crippen molar-refractivity contribution >= 4 is 5.91 Å². The van der Waals surface area contributed by atoms with Gasteiger partial charge in [-0.15, -0.1) is 0 Å². The molecule has 2 rings (SSSR count). The van der Waals surface area contributed by atoms with Gasteiger partial charge in [0.25, 0.3) is 0 Å². The second kappa shape index (κ2) is 6.00. The number of rotatable bonds is 4. The van der Waals surface area contributed by atoms with Crippen LogP contribution in [0.4, 0.5) is 0 Å². The summed E-state index contributed by atoms with van der Waals surface area (Å²) in [5.74, 6) is 1.07. The Morgan fingerprint density at radius 2 is 2.33 bits per heavy atom. The summed E-state index contributed by atoms with van der Waals surface area (Å²) in [5.41, 5.74) is 0. The highest BCUT2D eigenvalue weighted by Gasteiger charge is 2.28. The Labute approximate surface area is 108 Å². The van der Waals surface area contributed by atoms with Crippen LogP contribution in [-0.2, 0) is 16.1 Å². The van der Waals surface area contributed by atoms with Crippen LogP contribution in [0.1, 0.15) is 38.6 Å². The summed E-state index contributed by atoms with van der Waals surface area (Å²) in [6.07, 6.45) is 5.66. The van der Waals surface area contributed by atoms with Crippen LogP contribution >= 0.6 is 0 Å². The van der Waals surface area contributed by atoms with Gasteiger partial charge in [-0.2, -0.15) is 0 Å². The lowest BCUT2D eigenvalue weighted by molar-refractivity contribution is -0.138. The van der Waals surface area contributed by atoms with Gasteiger partial charge in [0, 0.05) is 32.1 Å². The smallest absolute Gasteiger partial charge is 0.249 e. The summed E-state index contributed by atoms with van der Waals surface area (Å²) in [4.78, 5) is 18.5. The van der Waals surface area contributed by atoms with Gasteiger partial charge >= 0.3 is 0 Å². The first kappa shape index (κ1) is 13.1. The first-order chi connectivity index (χ1) is 8.77. The fourth-order valence-corrected chi connectivity index (χ4v) is 2.49. The van der Waals surface area contributed by atoms with E-state index in [-0.39, 0.29) is 18.6 Å². The number of nitrogens with zero attached hydrogens (tertiary/aromatic N) is 3. The highest BCUT2D eigenvalue weighted by atomic mass is 16.5. The Bertz CT molecular complexity index is 403. The van der Waals surface area contributed by atoms with Crippen LogP contribution in [0.5, 0.6) is 0 Å². The molecule has 0 aromatic carbocycles. The van der Waals surface area contributed by atoms with Crippen LogP contribution in [0.25, 0.3) is 0 Å². The van der Waals surface area contributed by atoms with Crippen molar-refractivity contribution in [1.29, 1.82) is 0 Å². The van der Waals surface area contributed by atoms with E-state index in [4.69, 9.17) is 4.74 Å². The third-order valence-electron chi connectivity index (χ3n) is 3.36. The van der Waals surface area contributed by atoms with E-state index in [0.29, 0.717) is 6.61 Å². The van der Waals surface area contributed by atoms with Crippen molar-refractivity contribution in [2.45, 2.75) is 39.3 Å². The standard InChI is InChI=1S/C13H21N3O2/c1-3-11-13-14-6-9-15(13)7-5-8-16(11)12(17)10-18-4-2/h6,9,11H,3-5,7-8,10H2,1-2H3. The maximum atomic E-state index is 12.2. The number of aromatic nitrogens is 2. The fraction of sp³-hybridized carbons (Fsp3) is 0.692. The first-order valence-corrected chi connectivity index (χ1v) is 6.66. The van der Waals surface area contributed by atoms with E-state index in [9.17, 15) is 4.79 Å². The Morgan fingerprint density at radius 3 is 3.06 bits per heavy atom. The molecule has 1 aliphatic rings. The average Bonchev–Trinajstić information content (AvgIpc) is 2.76. The van der Waals surface area contributed by atoms with Gasteiger partial charge in [0.05, 0.1) is 6.04 Å². The van der Waals surface area contributed by atoms with E-state index in [0.717, 1.165) is 31.8 Å². The third kappa shape index (κ3) is 2.56. The van der Waals surface area contributed by atoms with E-state index in [1.807, 2.05) is 24.2 Å². The molecule has 0 saturated heterocycles. The molecule has 5 heteroatoms. The number of fused-ring (bicyclic) bond motifs is 1. The summed E-state index contributed by atoms with van der Waals surface area (Å²) < 4.78 is 7.39. The van der Waals surface area contributed by atoms with Gasteiger partial charge in [-0.05, 0) is 19.8 Å². The van der Waals surface area contributed by atoms with Crippen LogP contribution in [0.3, 0.4) is 0 Å². The minimum Gasteiger partial charge on any atom is -0.372 e. The maximum absolute atomic E-state index is 12.2. The summed E-state index contributed by atoms with van der Waals surface area (Å²) in [7, 11) is 0. The third-order valence-corrected chi connectivity index (χ3v) is 3.36. The molecule has 0 radical (unpaired) electrons. The molecule has 0 saturated carbocycles. The van der Waals surface area contributed by atoms with E-state index in [2.05, 4.69) is 16.5 Å². The van der Waals surface area contributed by atoms with Gasteiger partial charge < -0.3 is 14.2 Å². The van der Waals surface area contributed by atoms with Crippen molar-refractivity contribution in [3.8, 4) is 0 Å².